The van der Waals surface area contributed by atoms with Gasteiger partial charge in [0.15, 0.2) is 11.5 Å². The van der Waals surface area contributed by atoms with Crippen molar-refractivity contribution in [1.82, 2.24) is 4.90 Å². The molecule has 1 fully saturated rings. The zero-order chi connectivity index (χ0) is 27.9. The first-order valence-corrected chi connectivity index (χ1v) is 13.6. The van der Waals surface area contributed by atoms with Gasteiger partial charge in [0.25, 0.3) is 0 Å². The summed E-state index contributed by atoms with van der Waals surface area (Å²) in [5.74, 6) is 0.718. The maximum Gasteiger partial charge on any atom is 0.306 e. The number of carboxylic acids is 1. The van der Waals surface area contributed by atoms with E-state index >= 15 is 0 Å². The molecule has 1 aliphatic rings. The number of piperidine rings is 1. The van der Waals surface area contributed by atoms with Gasteiger partial charge in [-0.15, -0.1) is 0 Å². The fourth-order valence-electron chi connectivity index (χ4n) is 5.44. The van der Waals surface area contributed by atoms with Gasteiger partial charge in [0.2, 0.25) is 5.75 Å². The molecule has 0 saturated carbocycles. The number of rotatable bonds is 10. The van der Waals surface area contributed by atoms with Crippen molar-refractivity contribution < 1.29 is 24.1 Å². The van der Waals surface area contributed by atoms with Crippen molar-refractivity contribution >= 4 is 5.97 Å². The monoisotopic (exact) mass is 537 g/mol. The molecule has 0 amide bonds. The van der Waals surface area contributed by atoms with Crippen LogP contribution in [0.2, 0.25) is 0 Å². The topological polar surface area (TPSA) is 68.2 Å². The van der Waals surface area contributed by atoms with Crippen molar-refractivity contribution in [3.05, 3.63) is 114 Å². The molecular formula is C34H35NO5. The predicted octanol–water partition coefficient (Wildman–Crippen LogP) is 6.84. The van der Waals surface area contributed by atoms with Crippen LogP contribution in [0.15, 0.2) is 97.1 Å². The molecule has 1 unspecified atom stereocenters. The lowest BCUT2D eigenvalue weighted by molar-refractivity contribution is -0.143. The highest BCUT2D eigenvalue weighted by Gasteiger charge is 2.31. The molecule has 0 radical (unpaired) electrons. The van der Waals surface area contributed by atoms with E-state index in [2.05, 4.69) is 41.3 Å². The Balaban J connectivity index is 1.50. The van der Waals surface area contributed by atoms with Crippen molar-refractivity contribution in [1.29, 1.82) is 0 Å². The van der Waals surface area contributed by atoms with Gasteiger partial charge in [-0.2, -0.15) is 0 Å². The maximum atomic E-state index is 11.6. The van der Waals surface area contributed by atoms with Gasteiger partial charge in [-0.25, -0.2) is 0 Å². The summed E-state index contributed by atoms with van der Waals surface area (Å²) in [5.41, 5.74) is 5.48. The molecule has 6 nitrogen and oxygen atoms in total. The molecule has 0 aromatic heterocycles. The van der Waals surface area contributed by atoms with E-state index in [-0.39, 0.29) is 12.0 Å². The Hall–Kier alpha value is -4.29. The lowest BCUT2D eigenvalue weighted by Crippen LogP contribution is -2.39. The van der Waals surface area contributed by atoms with Crippen LogP contribution in [0.25, 0.3) is 11.1 Å². The Kier molecular flexibility index (Phi) is 8.67. The summed E-state index contributed by atoms with van der Waals surface area (Å²) < 4.78 is 17.8. The average Bonchev–Trinajstić information content (AvgIpc) is 3.01. The van der Waals surface area contributed by atoms with E-state index in [1.54, 1.807) is 14.2 Å². The highest BCUT2D eigenvalue weighted by atomic mass is 16.5. The standard InChI is InChI=1S/C34H35NO5/c1-38-30-21-29(22-31(39-2)33(30)40-23-24-9-5-3-6-10-24)32(35-19-17-28(18-20-35)34(36)37)27-15-13-26(14-16-27)25-11-7-4-8-12-25/h3-16,21-22,28,32H,17-20,23H2,1-2H3,(H,36,37). The number of hydrogen-bond acceptors (Lipinski definition) is 5. The molecule has 0 spiro atoms. The molecule has 4 aromatic carbocycles. The third-order valence-electron chi connectivity index (χ3n) is 7.60. The summed E-state index contributed by atoms with van der Waals surface area (Å²) in [4.78, 5) is 14.0. The molecule has 1 saturated heterocycles. The van der Waals surface area contributed by atoms with Crippen LogP contribution in [0.1, 0.15) is 35.6 Å². The maximum absolute atomic E-state index is 11.6. The Morgan fingerprint density at radius 3 is 1.90 bits per heavy atom. The van der Waals surface area contributed by atoms with Crippen molar-refractivity contribution in [3.8, 4) is 28.4 Å². The molecule has 0 aliphatic carbocycles. The third kappa shape index (κ3) is 6.13. The smallest absolute Gasteiger partial charge is 0.306 e. The van der Waals surface area contributed by atoms with Gasteiger partial charge in [0, 0.05) is 0 Å². The number of carboxylic acid groups (broad SMARTS) is 1. The quantitative estimate of drug-likeness (QED) is 0.239. The van der Waals surface area contributed by atoms with Crippen LogP contribution in [0.4, 0.5) is 0 Å². The van der Waals surface area contributed by atoms with Crippen molar-refractivity contribution in [2.24, 2.45) is 5.92 Å². The van der Waals surface area contributed by atoms with Crippen LogP contribution in [-0.4, -0.2) is 43.3 Å². The summed E-state index contributed by atoms with van der Waals surface area (Å²) in [7, 11) is 3.27. The van der Waals surface area contributed by atoms with E-state index in [0.717, 1.165) is 27.8 Å². The zero-order valence-corrected chi connectivity index (χ0v) is 23.0. The summed E-state index contributed by atoms with van der Waals surface area (Å²) in [5, 5.41) is 9.57. The highest BCUT2D eigenvalue weighted by molar-refractivity contribution is 5.70. The SMILES string of the molecule is COc1cc(C(c2ccc(-c3ccccc3)cc2)N2CCC(C(=O)O)CC2)cc(OC)c1OCc1ccccc1. The molecule has 1 N–H and O–H groups in total. The van der Waals surface area contributed by atoms with E-state index in [9.17, 15) is 9.90 Å². The fourth-order valence-corrected chi connectivity index (χ4v) is 5.44. The lowest BCUT2D eigenvalue weighted by atomic mass is 9.90. The van der Waals surface area contributed by atoms with Crippen LogP contribution >= 0.6 is 0 Å². The number of aliphatic carboxylic acids is 1. The number of benzene rings is 4. The second kappa shape index (κ2) is 12.7. The normalized spacial score (nSPS) is 14.8. The number of ether oxygens (including phenoxy) is 3. The van der Waals surface area contributed by atoms with Crippen LogP contribution in [-0.2, 0) is 11.4 Å². The molecular weight excluding hydrogens is 502 g/mol. The Morgan fingerprint density at radius 2 is 1.35 bits per heavy atom. The Bertz CT molecular complexity index is 1370. The summed E-state index contributed by atoms with van der Waals surface area (Å²) in [6.45, 7) is 1.75. The van der Waals surface area contributed by atoms with E-state index < -0.39 is 5.97 Å². The second-order valence-electron chi connectivity index (χ2n) is 10.1. The van der Waals surface area contributed by atoms with Gasteiger partial charge in [-0.3, -0.25) is 9.69 Å². The number of carbonyl (C=O) groups is 1. The molecule has 4 aromatic rings. The third-order valence-corrected chi connectivity index (χ3v) is 7.60. The first-order chi connectivity index (χ1) is 19.6. The summed E-state index contributed by atoms with van der Waals surface area (Å²) in [6, 6.07) is 32.8. The molecule has 206 valence electrons. The first-order valence-electron chi connectivity index (χ1n) is 13.6. The highest BCUT2D eigenvalue weighted by Crippen LogP contribution is 2.43. The van der Waals surface area contributed by atoms with Crippen LogP contribution in [0.3, 0.4) is 0 Å². The van der Waals surface area contributed by atoms with E-state index in [4.69, 9.17) is 14.2 Å². The summed E-state index contributed by atoms with van der Waals surface area (Å²) >= 11 is 0. The van der Waals surface area contributed by atoms with Gasteiger partial charge in [0.05, 0.1) is 26.2 Å². The minimum atomic E-state index is -0.716. The lowest BCUT2D eigenvalue weighted by Gasteiger charge is -2.37. The van der Waals surface area contributed by atoms with Gasteiger partial charge in [0.1, 0.15) is 6.61 Å². The predicted molar refractivity (Wildman–Crippen MR) is 156 cm³/mol. The number of likely N-dealkylation sites (tertiary alicyclic amines) is 1. The van der Waals surface area contributed by atoms with Crippen LogP contribution in [0.5, 0.6) is 17.2 Å². The molecule has 6 heteroatoms. The number of methoxy groups -OCH3 is 2. The average molecular weight is 538 g/mol. The molecule has 1 heterocycles. The minimum Gasteiger partial charge on any atom is -0.493 e. The number of hydrogen-bond donors (Lipinski definition) is 1. The van der Waals surface area contributed by atoms with Gasteiger partial charge in [-0.05, 0) is 65.9 Å². The van der Waals surface area contributed by atoms with Crippen LogP contribution in [0, 0.1) is 5.92 Å². The van der Waals surface area contributed by atoms with Gasteiger partial charge < -0.3 is 19.3 Å². The molecule has 5 rings (SSSR count). The van der Waals surface area contributed by atoms with Gasteiger partial charge in [-0.1, -0.05) is 84.9 Å². The van der Waals surface area contributed by atoms with Crippen molar-refractivity contribution in [2.75, 3.05) is 27.3 Å². The van der Waals surface area contributed by atoms with Crippen LogP contribution < -0.4 is 14.2 Å². The molecule has 0 bridgehead atoms. The fraction of sp³-hybridized carbons (Fsp3) is 0.265. The second-order valence-corrected chi connectivity index (χ2v) is 10.1. The largest absolute Gasteiger partial charge is 0.493 e. The Morgan fingerprint density at radius 1 is 0.800 bits per heavy atom. The number of nitrogens with zero attached hydrogens (tertiary/aromatic N) is 1. The van der Waals surface area contributed by atoms with E-state index in [1.165, 1.54) is 0 Å². The molecule has 1 atom stereocenters. The minimum absolute atomic E-state index is 0.106. The van der Waals surface area contributed by atoms with Gasteiger partial charge >= 0.3 is 5.97 Å². The van der Waals surface area contributed by atoms with E-state index in [1.807, 2.05) is 60.7 Å². The van der Waals surface area contributed by atoms with E-state index in [0.29, 0.717) is 49.8 Å². The van der Waals surface area contributed by atoms with Crippen molar-refractivity contribution in [3.63, 3.8) is 0 Å². The Labute approximate surface area is 235 Å². The zero-order valence-electron chi connectivity index (χ0n) is 23.0. The molecule has 1 aliphatic heterocycles. The summed E-state index contributed by atoms with van der Waals surface area (Å²) in [6.07, 6.45) is 1.22. The molecule has 40 heavy (non-hydrogen) atoms. The van der Waals surface area contributed by atoms with Crippen molar-refractivity contribution in [2.45, 2.75) is 25.5 Å². The first kappa shape index (κ1) is 27.3.